The number of carbonyl (C=O) groups excluding carboxylic acids is 1. The molecule has 0 spiro atoms. The highest BCUT2D eigenvalue weighted by Crippen LogP contribution is 2.29. The van der Waals surface area contributed by atoms with E-state index in [0.717, 1.165) is 10.8 Å². The Morgan fingerprint density at radius 2 is 2.16 bits per heavy atom. The molecule has 2 rings (SSSR count). The third kappa shape index (κ3) is 2.83. The van der Waals surface area contributed by atoms with Gasteiger partial charge in [0, 0.05) is 17.1 Å². The lowest BCUT2D eigenvalue weighted by atomic mass is 10.1. The Hall–Kier alpha value is -2.11. The van der Waals surface area contributed by atoms with Crippen LogP contribution in [-0.4, -0.2) is 30.8 Å². The highest BCUT2D eigenvalue weighted by atomic mass is 16.5. The number of nitrogens with one attached hydrogen (secondary N) is 1. The molecule has 0 unspecified atom stereocenters. The van der Waals surface area contributed by atoms with Gasteiger partial charge in [-0.25, -0.2) is 0 Å². The lowest BCUT2D eigenvalue weighted by Gasteiger charge is -2.11. The summed E-state index contributed by atoms with van der Waals surface area (Å²) < 4.78 is 5.32. The lowest BCUT2D eigenvalue weighted by Crippen LogP contribution is -2.68. The van der Waals surface area contributed by atoms with E-state index < -0.39 is 6.04 Å². The van der Waals surface area contributed by atoms with Crippen LogP contribution in [0.25, 0.3) is 10.8 Å². The summed E-state index contributed by atoms with van der Waals surface area (Å²) in [6.07, 6.45) is 0. The highest BCUT2D eigenvalue weighted by Gasteiger charge is 2.16. The lowest BCUT2D eigenvalue weighted by molar-refractivity contribution is -0.407. The minimum Gasteiger partial charge on any atom is -0.496 e. The Balaban J connectivity index is 2.37. The molecule has 0 aliphatic carbocycles. The third-order valence-electron chi connectivity index (χ3n) is 2.90. The second-order valence-electron chi connectivity index (χ2n) is 4.27. The molecule has 5 heteroatoms. The summed E-state index contributed by atoms with van der Waals surface area (Å²) in [5, 5.41) is 13.6. The molecule has 5 nitrogen and oxygen atoms in total. The van der Waals surface area contributed by atoms with Gasteiger partial charge >= 0.3 is 0 Å². The number of fused-ring (bicyclic) bond motifs is 1. The van der Waals surface area contributed by atoms with E-state index in [-0.39, 0.29) is 12.5 Å². The van der Waals surface area contributed by atoms with Crippen molar-refractivity contribution < 1.29 is 20.4 Å². The molecule has 0 saturated heterocycles. The largest absolute Gasteiger partial charge is 0.496 e. The first kappa shape index (κ1) is 13.3. The molecule has 0 aliphatic rings. The summed E-state index contributed by atoms with van der Waals surface area (Å²) in [6.45, 7) is -0.281. The minimum absolute atomic E-state index is 0.281. The standard InChI is InChI=1S/C14H16N2O3/c1-19-13-7-10(16-14(18)12(15)8-17)6-9-4-2-3-5-11(9)13/h2-7,12,17H,8,15H2,1H3,(H,16,18)/p+1/t12-/m0/s1. The number of rotatable bonds is 4. The van der Waals surface area contributed by atoms with Crippen molar-refractivity contribution in [2.45, 2.75) is 6.04 Å². The SMILES string of the molecule is COc1cc(NC(=O)[C@@H]([NH3+])CO)cc2ccccc12. The van der Waals surface area contributed by atoms with Crippen molar-refractivity contribution in [3.63, 3.8) is 0 Å². The number of quaternary nitrogens is 1. The zero-order chi connectivity index (χ0) is 13.8. The molecule has 19 heavy (non-hydrogen) atoms. The molecule has 0 saturated carbocycles. The van der Waals surface area contributed by atoms with Crippen molar-refractivity contribution >= 4 is 22.4 Å². The molecule has 100 valence electrons. The van der Waals surface area contributed by atoms with E-state index in [9.17, 15) is 4.79 Å². The predicted octanol–water partition coefficient (Wildman–Crippen LogP) is 0.390. The van der Waals surface area contributed by atoms with E-state index in [1.807, 2.05) is 30.3 Å². The molecule has 2 aromatic rings. The average Bonchev–Trinajstić information content (AvgIpc) is 2.45. The number of hydrogen-bond acceptors (Lipinski definition) is 3. The minimum atomic E-state index is -0.683. The van der Waals surface area contributed by atoms with Gasteiger partial charge in [-0.3, -0.25) is 4.79 Å². The molecule has 0 heterocycles. The van der Waals surface area contributed by atoms with Crippen LogP contribution in [0.2, 0.25) is 0 Å². The Morgan fingerprint density at radius 1 is 1.42 bits per heavy atom. The van der Waals surface area contributed by atoms with Gasteiger partial charge < -0.3 is 20.9 Å². The van der Waals surface area contributed by atoms with Crippen LogP contribution in [0.3, 0.4) is 0 Å². The summed E-state index contributed by atoms with van der Waals surface area (Å²) in [5.74, 6) is 0.373. The summed E-state index contributed by atoms with van der Waals surface area (Å²) in [5.41, 5.74) is 4.19. The van der Waals surface area contributed by atoms with Crippen LogP contribution in [0.1, 0.15) is 0 Å². The predicted molar refractivity (Wildman–Crippen MR) is 72.9 cm³/mol. The second kappa shape index (κ2) is 5.69. The maximum absolute atomic E-state index is 11.7. The fourth-order valence-electron chi connectivity index (χ4n) is 1.84. The number of hydrogen-bond donors (Lipinski definition) is 3. The molecule has 0 aliphatic heterocycles. The molecular formula is C14H17N2O3+. The van der Waals surface area contributed by atoms with Gasteiger partial charge in [0.2, 0.25) is 0 Å². The van der Waals surface area contributed by atoms with Crippen molar-refractivity contribution in [2.75, 3.05) is 19.0 Å². The summed E-state index contributed by atoms with van der Waals surface area (Å²) in [6, 6.07) is 10.7. The first-order valence-electron chi connectivity index (χ1n) is 5.97. The maximum atomic E-state index is 11.7. The Bertz CT molecular complexity index is 598. The Morgan fingerprint density at radius 3 is 2.84 bits per heavy atom. The molecule has 2 aromatic carbocycles. The second-order valence-corrected chi connectivity index (χ2v) is 4.27. The quantitative estimate of drug-likeness (QED) is 0.744. The zero-order valence-corrected chi connectivity index (χ0v) is 10.7. The number of anilines is 1. The third-order valence-corrected chi connectivity index (χ3v) is 2.90. The van der Waals surface area contributed by atoms with Crippen LogP contribution in [0, 0.1) is 0 Å². The van der Waals surface area contributed by atoms with Crippen LogP contribution in [0.15, 0.2) is 36.4 Å². The van der Waals surface area contributed by atoms with Gasteiger partial charge in [0.05, 0.1) is 7.11 Å². The van der Waals surface area contributed by atoms with Crippen molar-refractivity contribution in [3.05, 3.63) is 36.4 Å². The van der Waals surface area contributed by atoms with Crippen molar-refractivity contribution in [3.8, 4) is 5.75 Å². The van der Waals surface area contributed by atoms with Gasteiger partial charge in [-0.2, -0.15) is 0 Å². The highest BCUT2D eigenvalue weighted by molar-refractivity contribution is 5.98. The Labute approximate surface area is 111 Å². The van der Waals surface area contributed by atoms with Crippen LogP contribution in [0.5, 0.6) is 5.75 Å². The average molecular weight is 261 g/mol. The van der Waals surface area contributed by atoms with Crippen molar-refractivity contribution in [1.29, 1.82) is 0 Å². The summed E-state index contributed by atoms with van der Waals surface area (Å²) >= 11 is 0. The molecule has 0 bridgehead atoms. The van der Waals surface area contributed by atoms with Gasteiger partial charge in [-0.15, -0.1) is 0 Å². The van der Waals surface area contributed by atoms with Crippen LogP contribution in [-0.2, 0) is 4.79 Å². The van der Waals surface area contributed by atoms with E-state index in [4.69, 9.17) is 9.84 Å². The van der Waals surface area contributed by atoms with Crippen molar-refractivity contribution in [1.82, 2.24) is 0 Å². The van der Waals surface area contributed by atoms with E-state index in [2.05, 4.69) is 11.1 Å². The molecule has 0 aromatic heterocycles. The van der Waals surface area contributed by atoms with Gasteiger partial charge in [-0.1, -0.05) is 24.3 Å². The molecule has 5 N–H and O–H groups in total. The number of ether oxygens (including phenoxy) is 1. The van der Waals surface area contributed by atoms with E-state index >= 15 is 0 Å². The monoisotopic (exact) mass is 261 g/mol. The molecule has 1 atom stereocenters. The number of aliphatic hydroxyl groups excluding tert-OH is 1. The van der Waals surface area contributed by atoms with Crippen molar-refractivity contribution in [2.24, 2.45) is 0 Å². The maximum Gasteiger partial charge on any atom is 0.284 e. The van der Waals surface area contributed by atoms with Gasteiger partial charge in [0.1, 0.15) is 12.4 Å². The van der Waals surface area contributed by atoms with E-state index in [1.54, 1.807) is 13.2 Å². The van der Waals surface area contributed by atoms with Gasteiger partial charge in [-0.05, 0) is 11.5 Å². The van der Waals surface area contributed by atoms with Crippen LogP contribution in [0.4, 0.5) is 5.69 Å². The number of amides is 1. The number of carbonyl (C=O) groups is 1. The van der Waals surface area contributed by atoms with Crippen LogP contribution >= 0.6 is 0 Å². The molecule has 0 radical (unpaired) electrons. The van der Waals surface area contributed by atoms with E-state index in [0.29, 0.717) is 11.4 Å². The summed E-state index contributed by atoms with van der Waals surface area (Å²) in [7, 11) is 1.59. The number of methoxy groups -OCH3 is 1. The van der Waals surface area contributed by atoms with Gasteiger partial charge in [0.25, 0.3) is 5.91 Å². The van der Waals surface area contributed by atoms with Crippen LogP contribution < -0.4 is 15.8 Å². The number of aliphatic hydroxyl groups is 1. The normalized spacial score (nSPS) is 12.2. The smallest absolute Gasteiger partial charge is 0.284 e. The zero-order valence-electron chi connectivity index (χ0n) is 10.7. The van der Waals surface area contributed by atoms with Gasteiger partial charge in [0.15, 0.2) is 6.04 Å². The molecule has 1 amide bonds. The number of benzene rings is 2. The first-order valence-corrected chi connectivity index (χ1v) is 5.97. The molecular weight excluding hydrogens is 244 g/mol. The Kier molecular flexibility index (Phi) is 3.99. The van der Waals surface area contributed by atoms with E-state index in [1.165, 1.54) is 0 Å². The topological polar surface area (TPSA) is 86.2 Å². The fraction of sp³-hybridized carbons (Fsp3) is 0.214. The fourth-order valence-corrected chi connectivity index (χ4v) is 1.84. The molecule has 0 fully saturated rings. The summed E-state index contributed by atoms with van der Waals surface area (Å²) in [4.78, 5) is 11.7. The first-order chi connectivity index (χ1) is 9.15.